The van der Waals surface area contributed by atoms with Gasteiger partial charge in [0.1, 0.15) is 11.5 Å². The zero-order valence-corrected chi connectivity index (χ0v) is 10.4. The van der Waals surface area contributed by atoms with Crippen molar-refractivity contribution in [2.24, 2.45) is 0 Å². The highest BCUT2D eigenvalue weighted by Crippen LogP contribution is 2.39. The Balaban J connectivity index is 2.02. The zero-order valence-electron chi connectivity index (χ0n) is 10.4. The summed E-state index contributed by atoms with van der Waals surface area (Å²) in [6.45, 7) is 0. The molecule has 2 aromatic rings. The summed E-state index contributed by atoms with van der Waals surface area (Å²) in [6, 6.07) is 4.11. The van der Waals surface area contributed by atoms with E-state index >= 15 is 0 Å². The van der Waals surface area contributed by atoms with Crippen LogP contribution in [0.3, 0.4) is 0 Å². The minimum absolute atomic E-state index is 0.0324. The van der Waals surface area contributed by atoms with Gasteiger partial charge in [0.2, 0.25) is 11.5 Å². The highest BCUT2D eigenvalue weighted by molar-refractivity contribution is 6.20. The number of aromatic hydroxyl groups is 6. The SMILES string of the molecule is Oc1cc(O[B]Oc2cc(O)c(O)c(O)c2)cc(O)c1O. The molecular weight excluding hydrogens is 283 g/mol. The molecule has 0 bridgehead atoms. The number of hydrogen-bond acceptors (Lipinski definition) is 8. The van der Waals surface area contributed by atoms with E-state index in [-0.39, 0.29) is 11.5 Å². The van der Waals surface area contributed by atoms with Crippen molar-refractivity contribution >= 4 is 7.69 Å². The van der Waals surface area contributed by atoms with Crippen LogP contribution in [0.15, 0.2) is 24.3 Å². The fraction of sp³-hybridized carbons (Fsp3) is 0. The molecule has 0 aliphatic carbocycles. The Morgan fingerprint density at radius 2 is 0.857 bits per heavy atom. The van der Waals surface area contributed by atoms with E-state index in [2.05, 4.69) is 0 Å². The quantitative estimate of drug-likeness (QED) is 0.361. The first kappa shape index (κ1) is 14.3. The van der Waals surface area contributed by atoms with Crippen LogP contribution in [0.4, 0.5) is 0 Å². The number of phenols is 6. The van der Waals surface area contributed by atoms with Gasteiger partial charge in [0.15, 0.2) is 23.0 Å². The molecule has 0 unspecified atom stereocenters. The Morgan fingerprint density at radius 1 is 0.571 bits per heavy atom. The van der Waals surface area contributed by atoms with Crippen LogP contribution in [0, 0.1) is 0 Å². The standard InChI is InChI=1S/C12H10BO8/c14-7-1-5(2-8(15)11(7)18)20-13-21-6-3-9(16)12(19)10(17)4-6/h1-4,14-19H. The molecule has 0 aliphatic rings. The maximum atomic E-state index is 9.26. The van der Waals surface area contributed by atoms with Gasteiger partial charge in [-0.3, -0.25) is 0 Å². The van der Waals surface area contributed by atoms with Crippen molar-refractivity contribution in [1.29, 1.82) is 0 Å². The van der Waals surface area contributed by atoms with Gasteiger partial charge < -0.3 is 39.9 Å². The normalized spacial score (nSPS) is 10.1. The third-order valence-corrected chi connectivity index (χ3v) is 2.45. The van der Waals surface area contributed by atoms with Crippen molar-refractivity contribution in [2.45, 2.75) is 0 Å². The molecule has 1 radical (unpaired) electrons. The Hall–Kier alpha value is -3.10. The Bertz CT molecular complexity index is 569. The van der Waals surface area contributed by atoms with Crippen molar-refractivity contribution in [3.8, 4) is 46.0 Å². The van der Waals surface area contributed by atoms with Gasteiger partial charge in [0, 0.05) is 24.3 Å². The summed E-state index contributed by atoms with van der Waals surface area (Å²) in [6.07, 6.45) is 0. The number of rotatable bonds is 4. The average Bonchev–Trinajstić information content (AvgIpc) is 2.42. The van der Waals surface area contributed by atoms with E-state index in [1.54, 1.807) is 0 Å². The van der Waals surface area contributed by atoms with Crippen molar-refractivity contribution in [1.82, 2.24) is 0 Å². The monoisotopic (exact) mass is 293 g/mol. The molecule has 0 fully saturated rings. The van der Waals surface area contributed by atoms with Crippen molar-refractivity contribution < 1.29 is 39.9 Å². The van der Waals surface area contributed by atoms with Gasteiger partial charge >= 0.3 is 7.69 Å². The molecule has 0 atom stereocenters. The van der Waals surface area contributed by atoms with Crippen LogP contribution in [0.2, 0.25) is 0 Å². The Kier molecular flexibility index (Phi) is 3.74. The minimum atomic E-state index is -0.684. The second kappa shape index (κ2) is 5.49. The maximum absolute atomic E-state index is 9.26. The molecule has 0 heterocycles. The first-order chi connectivity index (χ1) is 9.88. The second-order valence-electron chi connectivity index (χ2n) is 3.95. The van der Waals surface area contributed by atoms with Gasteiger partial charge in [0.25, 0.3) is 0 Å². The molecule has 2 aromatic carbocycles. The van der Waals surface area contributed by atoms with Crippen LogP contribution in [-0.4, -0.2) is 38.3 Å². The van der Waals surface area contributed by atoms with Gasteiger partial charge in [-0.1, -0.05) is 0 Å². The molecule has 2 rings (SSSR count). The summed E-state index contributed by atoms with van der Waals surface area (Å²) in [5.74, 6) is -3.77. The summed E-state index contributed by atoms with van der Waals surface area (Å²) in [5.41, 5.74) is 0. The summed E-state index contributed by atoms with van der Waals surface area (Å²) >= 11 is 0. The largest absolute Gasteiger partial charge is 0.658 e. The molecule has 0 saturated carbocycles. The van der Waals surface area contributed by atoms with Crippen molar-refractivity contribution in [3.63, 3.8) is 0 Å². The van der Waals surface area contributed by atoms with Gasteiger partial charge in [-0.25, -0.2) is 0 Å². The van der Waals surface area contributed by atoms with Crippen molar-refractivity contribution in [3.05, 3.63) is 24.3 Å². The highest BCUT2D eigenvalue weighted by atomic mass is 16.6. The Labute approximate surface area is 119 Å². The van der Waals surface area contributed by atoms with Gasteiger partial charge in [0.05, 0.1) is 0 Å². The molecule has 6 N–H and O–H groups in total. The third kappa shape index (κ3) is 3.08. The summed E-state index contributed by atoms with van der Waals surface area (Å²) in [7, 11) is 0.788. The van der Waals surface area contributed by atoms with Gasteiger partial charge in [-0.15, -0.1) is 0 Å². The van der Waals surface area contributed by atoms with E-state index < -0.39 is 34.5 Å². The van der Waals surface area contributed by atoms with Crippen LogP contribution >= 0.6 is 0 Å². The van der Waals surface area contributed by atoms with E-state index in [0.29, 0.717) is 0 Å². The molecule has 0 aromatic heterocycles. The first-order valence-corrected chi connectivity index (χ1v) is 5.53. The average molecular weight is 293 g/mol. The first-order valence-electron chi connectivity index (χ1n) is 5.53. The lowest BCUT2D eigenvalue weighted by atomic mass is 10.2. The fourth-order valence-corrected chi connectivity index (χ4v) is 1.43. The van der Waals surface area contributed by atoms with Crippen LogP contribution in [0.5, 0.6) is 46.0 Å². The fourth-order valence-electron chi connectivity index (χ4n) is 1.43. The van der Waals surface area contributed by atoms with Crippen molar-refractivity contribution in [2.75, 3.05) is 0 Å². The third-order valence-electron chi connectivity index (χ3n) is 2.45. The van der Waals surface area contributed by atoms with E-state index in [1.165, 1.54) is 0 Å². The van der Waals surface area contributed by atoms with Crippen LogP contribution < -0.4 is 9.31 Å². The number of hydrogen-bond donors (Lipinski definition) is 6. The van der Waals surface area contributed by atoms with E-state index in [9.17, 15) is 20.4 Å². The van der Waals surface area contributed by atoms with Crippen LogP contribution in [-0.2, 0) is 0 Å². The summed E-state index contributed by atoms with van der Waals surface area (Å²) in [4.78, 5) is 0. The number of benzene rings is 2. The molecule has 109 valence electrons. The lowest BCUT2D eigenvalue weighted by Gasteiger charge is -2.09. The second-order valence-corrected chi connectivity index (χ2v) is 3.95. The molecule has 21 heavy (non-hydrogen) atoms. The molecule has 0 amide bonds. The molecular formula is C12H10BO8. The number of phenolic OH excluding ortho intramolecular Hbond substituents is 6. The van der Waals surface area contributed by atoms with E-state index in [4.69, 9.17) is 19.5 Å². The smallest absolute Gasteiger partial charge is 0.526 e. The predicted octanol–water partition coefficient (Wildman–Crippen LogP) is 0.912. The lowest BCUT2D eigenvalue weighted by molar-refractivity contribution is 0.360. The molecule has 9 heteroatoms. The van der Waals surface area contributed by atoms with E-state index in [1.807, 2.05) is 0 Å². The zero-order chi connectivity index (χ0) is 15.6. The van der Waals surface area contributed by atoms with E-state index in [0.717, 1.165) is 32.0 Å². The minimum Gasteiger partial charge on any atom is -0.526 e. The molecule has 8 nitrogen and oxygen atoms in total. The maximum Gasteiger partial charge on any atom is 0.658 e. The lowest BCUT2D eigenvalue weighted by Crippen LogP contribution is -2.10. The van der Waals surface area contributed by atoms with Gasteiger partial charge in [-0.2, -0.15) is 0 Å². The summed E-state index contributed by atoms with van der Waals surface area (Å²) < 4.78 is 9.86. The van der Waals surface area contributed by atoms with Crippen LogP contribution in [0.1, 0.15) is 0 Å². The van der Waals surface area contributed by atoms with Crippen LogP contribution in [0.25, 0.3) is 0 Å². The predicted molar refractivity (Wildman–Crippen MR) is 69.9 cm³/mol. The molecule has 0 saturated heterocycles. The summed E-state index contributed by atoms with van der Waals surface area (Å²) in [5, 5.41) is 55.3. The molecule has 0 spiro atoms. The topological polar surface area (TPSA) is 140 Å². The van der Waals surface area contributed by atoms with Gasteiger partial charge in [-0.05, 0) is 0 Å². The highest BCUT2D eigenvalue weighted by Gasteiger charge is 2.12. The molecule has 0 aliphatic heterocycles. The Morgan fingerprint density at radius 3 is 1.14 bits per heavy atom.